The molecule has 0 spiro atoms. The first-order valence-corrected chi connectivity index (χ1v) is 10.4. The molecule has 2 aliphatic rings. The molecule has 0 aliphatic carbocycles. The number of thiazole rings is 1. The number of halogens is 2. The quantitative estimate of drug-likeness (QED) is 0.711. The second-order valence-corrected chi connectivity index (χ2v) is 8.15. The predicted octanol–water partition coefficient (Wildman–Crippen LogP) is 3.33. The molecule has 1 amide bonds. The number of nitrogens with one attached hydrogen (secondary N) is 2. The first kappa shape index (κ1) is 23.2. The highest BCUT2D eigenvalue weighted by atomic mass is 35.5. The first-order valence-electron chi connectivity index (χ1n) is 9.48. The number of carbonyl (C=O) groups is 1. The van der Waals surface area contributed by atoms with Crippen molar-refractivity contribution in [2.45, 2.75) is 38.3 Å². The Bertz CT molecular complexity index is 719. The van der Waals surface area contributed by atoms with E-state index in [2.05, 4.69) is 20.9 Å². The number of likely N-dealkylation sites (tertiary alicyclic amines) is 1. The van der Waals surface area contributed by atoms with Crippen molar-refractivity contribution in [1.82, 2.24) is 20.5 Å². The van der Waals surface area contributed by atoms with Crippen molar-refractivity contribution in [2.75, 3.05) is 26.2 Å². The third-order valence-corrected chi connectivity index (χ3v) is 6.19. The van der Waals surface area contributed by atoms with E-state index in [1.807, 2.05) is 6.07 Å². The van der Waals surface area contributed by atoms with E-state index in [9.17, 15) is 4.79 Å². The molecule has 0 radical (unpaired) electrons. The number of rotatable bonds is 6. The summed E-state index contributed by atoms with van der Waals surface area (Å²) in [4.78, 5) is 19.4. The summed E-state index contributed by atoms with van der Waals surface area (Å²) in [7, 11) is 0. The molecule has 2 aromatic rings. The summed E-state index contributed by atoms with van der Waals surface area (Å²) in [5, 5.41) is 9.56. The topological polar surface area (TPSA) is 70.4 Å². The standard InChI is InChI=1S/C19H26N4O2S.2ClH/c24-18(17-4-1-6-20-17)21-9-14-3-2-7-23(10-14)11-16-13-26-19(22-16)15-5-8-25-12-15;;/h5,8,12-14,17,20H,1-4,6-7,9-11H2,(H,21,24);2*1H. The normalized spacial score (nSPS) is 22.3. The van der Waals surface area contributed by atoms with Crippen LogP contribution in [0.2, 0.25) is 0 Å². The summed E-state index contributed by atoms with van der Waals surface area (Å²) in [5.74, 6) is 0.699. The van der Waals surface area contributed by atoms with E-state index in [0.717, 1.165) is 61.8 Å². The molecule has 0 bridgehead atoms. The van der Waals surface area contributed by atoms with Gasteiger partial charge in [0.25, 0.3) is 0 Å². The molecule has 2 N–H and O–H groups in total. The Hall–Kier alpha value is -1.12. The third-order valence-electron chi connectivity index (χ3n) is 5.25. The van der Waals surface area contributed by atoms with Gasteiger partial charge in [0.1, 0.15) is 11.3 Å². The molecule has 4 rings (SSSR count). The van der Waals surface area contributed by atoms with Gasteiger partial charge in [-0.1, -0.05) is 0 Å². The zero-order chi connectivity index (χ0) is 17.8. The summed E-state index contributed by atoms with van der Waals surface area (Å²) in [6, 6.07) is 1.97. The van der Waals surface area contributed by atoms with E-state index < -0.39 is 0 Å². The molecule has 6 nitrogen and oxygen atoms in total. The zero-order valence-corrected chi connectivity index (χ0v) is 18.2. The average molecular weight is 447 g/mol. The maximum Gasteiger partial charge on any atom is 0.237 e. The number of amides is 1. The van der Waals surface area contributed by atoms with Crippen molar-refractivity contribution in [2.24, 2.45) is 5.92 Å². The molecule has 28 heavy (non-hydrogen) atoms. The molecule has 2 fully saturated rings. The van der Waals surface area contributed by atoms with Gasteiger partial charge < -0.3 is 15.1 Å². The van der Waals surface area contributed by atoms with Gasteiger partial charge in [-0.3, -0.25) is 9.69 Å². The molecule has 2 saturated heterocycles. The molecule has 2 aromatic heterocycles. The predicted molar refractivity (Wildman–Crippen MR) is 116 cm³/mol. The fraction of sp³-hybridized carbons (Fsp3) is 0.579. The van der Waals surface area contributed by atoms with Crippen LogP contribution in [0.5, 0.6) is 0 Å². The van der Waals surface area contributed by atoms with Gasteiger partial charge in [0.2, 0.25) is 5.91 Å². The van der Waals surface area contributed by atoms with Crippen molar-refractivity contribution < 1.29 is 9.21 Å². The minimum atomic E-state index is 0. The van der Waals surface area contributed by atoms with Crippen molar-refractivity contribution in [3.8, 4) is 10.6 Å². The minimum Gasteiger partial charge on any atom is -0.472 e. The highest BCUT2D eigenvalue weighted by Gasteiger charge is 2.25. The Morgan fingerprint density at radius 2 is 2.25 bits per heavy atom. The highest BCUT2D eigenvalue weighted by Crippen LogP contribution is 2.25. The van der Waals surface area contributed by atoms with Crippen molar-refractivity contribution >= 4 is 42.1 Å². The third kappa shape index (κ3) is 5.94. The monoisotopic (exact) mass is 446 g/mol. The molecule has 2 aliphatic heterocycles. The van der Waals surface area contributed by atoms with Crippen LogP contribution in [-0.4, -0.2) is 48.0 Å². The maximum atomic E-state index is 12.2. The van der Waals surface area contributed by atoms with Gasteiger partial charge in [-0.25, -0.2) is 4.98 Å². The number of piperidine rings is 1. The van der Waals surface area contributed by atoms with Crippen LogP contribution < -0.4 is 10.6 Å². The lowest BCUT2D eigenvalue weighted by Gasteiger charge is -2.32. The number of furan rings is 1. The van der Waals surface area contributed by atoms with E-state index >= 15 is 0 Å². The SMILES string of the molecule is Cl.Cl.O=C(NCC1CCCN(Cc2csc(-c3ccoc3)n2)C1)C1CCCN1. The lowest BCUT2D eigenvalue weighted by molar-refractivity contribution is -0.123. The second kappa shape index (κ2) is 11.2. The summed E-state index contributed by atoms with van der Waals surface area (Å²) in [5.41, 5.74) is 2.16. The molecule has 0 saturated carbocycles. The van der Waals surface area contributed by atoms with Crippen LogP contribution in [0.3, 0.4) is 0 Å². The fourth-order valence-electron chi connectivity index (χ4n) is 3.87. The van der Waals surface area contributed by atoms with E-state index in [1.54, 1.807) is 23.9 Å². The highest BCUT2D eigenvalue weighted by molar-refractivity contribution is 7.13. The zero-order valence-electron chi connectivity index (χ0n) is 15.8. The van der Waals surface area contributed by atoms with E-state index in [-0.39, 0.29) is 36.8 Å². The Balaban J connectivity index is 0.00000140. The van der Waals surface area contributed by atoms with Crippen LogP contribution in [0.25, 0.3) is 10.6 Å². The molecule has 0 aromatic carbocycles. The summed E-state index contributed by atoms with van der Waals surface area (Å²) >= 11 is 1.66. The lowest BCUT2D eigenvalue weighted by Crippen LogP contribution is -2.45. The second-order valence-electron chi connectivity index (χ2n) is 7.29. The smallest absolute Gasteiger partial charge is 0.237 e. The average Bonchev–Trinajstić information content (AvgIpc) is 3.41. The first-order chi connectivity index (χ1) is 12.8. The van der Waals surface area contributed by atoms with Crippen LogP contribution in [0.1, 0.15) is 31.4 Å². The number of carbonyl (C=O) groups excluding carboxylic acids is 1. The number of aromatic nitrogens is 1. The van der Waals surface area contributed by atoms with Crippen LogP contribution in [0, 0.1) is 5.92 Å². The molecule has 4 heterocycles. The molecular formula is C19H28Cl2N4O2S. The molecule has 156 valence electrons. The van der Waals surface area contributed by atoms with Gasteiger partial charge in [0.15, 0.2) is 0 Å². The number of nitrogens with zero attached hydrogens (tertiary/aromatic N) is 2. The summed E-state index contributed by atoms with van der Waals surface area (Å²) in [6.45, 7) is 4.75. The summed E-state index contributed by atoms with van der Waals surface area (Å²) < 4.78 is 5.14. The van der Waals surface area contributed by atoms with Gasteiger partial charge in [-0.05, 0) is 50.8 Å². The maximum absolute atomic E-state index is 12.2. The Labute approximate surface area is 182 Å². The van der Waals surface area contributed by atoms with Crippen molar-refractivity contribution in [3.05, 3.63) is 29.7 Å². The van der Waals surface area contributed by atoms with E-state index in [1.165, 1.54) is 12.8 Å². The van der Waals surface area contributed by atoms with Crippen LogP contribution in [0.4, 0.5) is 0 Å². The largest absolute Gasteiger partial charge is 0.472 e. The van der Waals surface area contributed by atoms with Crippen molar-refractivity contribution in [3.63, 3.8) is 0 Å². The number of hydrogen-bond donors (Lipinski definition) is 2. The van der Waals surface area contributed by atoms with Crippen molar-refractivity contribution in [1.29, 1.82) is 0 Å². The Morgan fingerprint density at radius 3 is 3.00 bits per heavy atom. The van der Waals surface area contributed by atoms with E-state index in [0.29, 0.717) is 5.92 Å². The van der Waals surface area contributed by atoms with Gasteiger partial charge >= 0.3 is 0 Å². The molecule has 9 heteroatoms. The molecular weight excluding hydrogens is 419 g/mol. The van der Waals surface area contributed by atoms with Crippen LogP contribution in [-0.2, 0) is 11.3 Å². The summed E-state index contributed by atoms with van der Waals surface area (Å²) in [6.07, 6.45) is 7.85. The van der Waals surface area contributed by atoms with Gasteiger partial charge in [-0.2, -0.15) is 0 Å². The molecule has 2 unspecified atom stereocenters. The number of hydrogen-bond acceptors (Lipinski definition) is 6. The Morgan fingerprint density at radius 1 is 1.36 bits per heavy atom. The van der Waals surface area contributed by atoms with Gasteiger partial charge in [0.05, 0.1) is 18.0 Å². The van der Waals surface area contributed by atoms with Crippen LogP contribution in [0.15, 0.2) is 28.4 Å². The lowest BCUT2D eigenvalue weighted by atomic mass is 9.97. The van der Waals surface area contributed by atoms with Crippen LogP contribution >= 0.6 is 36.2 Å². The van der Waals surface area contributed by atoms with Gasteiger partial charge in [0, 0.05) is 30.6 Å². The molecule has 2 atom stereocenters. The van der Waals surface area contributed by atoms with Gasteiger partial charge in [-0.15, -0.1) is 36.2 Å². The van der Waals surface area contributed by atoms with E-state index in [4.69, 9.17) is 9.40 Å². The fourth-order valence-corrected chi connectivity index (χ4v) is 4.66. The minimum absolute atomic E-state index is 0. The Kier molecular flexibility index (Phi) is 9.24.